The molecule has 5 heterocycles. The highest BCUT2D eigenvalue weighted by atomic mass is 32.1. The van der Waals surface area contributed by atoms with Crippen LogP contribution in [0.15, 0.2) is 29.3 Å². The summed E-state index contributed by atoms with van der Waals surface area (Å²) in [6.07, 6.45) is 3.70. The number of nitrogens with zero attached hydrogens (tertiary/aromatic N) is 6. The topological polar surface area (TPSA) is 89.1 Å². The molecule has 0 unspecified atom stereocenters. The second kappa shape index (κ2) is 6.57. The van der Waals surface area contributed by atoms with Gasteiger partial charge in [-0.3, -0.25) is 9.20 Å². The molecule has 0 amide bonds. The Kier molecular flexibility index (Phi) is 4.02. The number of imidazole rings is 1. The number of piperazine rings is 1. The van der Waals surface area contributed by atoms with Crippen LogP contribution in [0.3, 0.4) is 0 Å². The van der Waals surface area contributed by atoms with E-state index in [1.807, 2.05) is 19.3 Å². The fraction of sp³-hybridized carbons (Fsp3) is 0.333. The molecule has 1 N–H and O–H groups in total. The van der Waals surface area contributed by atoms with Gasteiger partial charge in [0.15, 0.2) is 16.4 Å². The summed E-state index contributed by atoms with van der Waals surface area (Å²) in [5.41, 5.74) is 2.44. The van der Waals surface area contributed by atoms with Crippen molar-refractivity contribution in [2.45, 2.75) is 6.92 Å². The summed E-state index contributed by atoms with van der Waals surface area (Å²) in [6, 6.07) is 3.28. The quantitative estimate of drug-likeness (QED) is 0.555. The van der Waals surface area contributed by atoms with Crippen molar-refractivity contribution in [3.05, 3.63) is 40.6 Å². The predicted octanol–water partition coefficient (Wildman–Crippen LogP) is 1.19. The first-order valence-corrected chi connectivity index (χ1v) is 9.84. The van der Waals surface area contributed by atoms with Crippen LogP contribution in [0.1, 0.15) is 5.69 Å². The van der Waals surface area contributed by atoms with Crippen LogP contribution >= 0.6 is 11.3 Å². The number of hydrogen-bond acceptors (Lipinski definition) is 8. The zero-order valence-corrected chi connectivity index (χ0v) is 16.4. The van der Waals surface area contributed by atoms with Gasteiger partial charge in [-0.05, 0) is 6.92 Å². The number of aryl methyl sites for hydroxylation is 1. The molecule has 1 aliphatic heterocycles. The third-order valence-corrected chi connectivity index (χ3v) is 5.82. The number of methoxy groups -OCH3 is 1. The molecule has 4 aromatic rings. The minimum absolute atomic E-state index is 0.125. The van der Waals surface area contributed by atoms with Crippen molar-refractivity contribution in [2.75, 3.05) is 38.2 Å². The fourth-order valence-corrected chi connectivity index (χ4v) is 4.43. The Morgan fingerprint density at radius 3 is 2.75 bits per heavy atom. The summed E-state index contributed by atoms with van der Waals surface area (Å²) in [4.78, 5) is 24.8. The van der Waals surface area contributed by atoms with Crippen LogP contribution < -0.4 is 20.5 Å². The van der Waals surface area contributed by atoms with Gasteiger partial charge >= 0.3 is 0 Å². The largest absolute Gasteiger partial charge is 0.493 e. The van der Waals surface area contributed by atoms with Gasteiger partial charge in [0.1, 0.15) is 10.7 Å². The van der Waals surface area contributed by atoms with E-state index in [2.05, 4.69) is 20.3 Å². The lowest BCUT2D eigenvalue weighted by Crippen LogP contribution is -2.43. The smallest absolute Gasteiger partial charge is 0.259 e. The molecular formula is C18H19N7O2S. The van der Waals surface area contributed by atoms with Gasteiger partial charge in [-0.2, -0.15) is 5.10 Å². The van der Waals surface area contributed by atoms with Gasteiger partial charge in [0.2, 0.25) is 0 Å². The summed E-state index contributed by atoms with van der Waals surface area (Å²) in [7, 11) is 1.59. The van der Waals surface area contributed by atoms with Crippen LogP contribution in [0.5, 0.6) is 5.75 Å². The average Bonchev–Trinajstić information content (AvgIpc) is 3.30. The van der Waals surface area contributed by atoms with Gasteiger partial charge in [-0.1, -0.05) is 11.3 Å². The van der Waals surface area contributed by atoms with Crippen molar-refractivity contribution in [2.24, 2.45) is 0 Å². The van der Waals surface area contributed by atoms with E-state index in [0.29, 0.717) is 27.7 Å². The normalized spacial score (nSPS) is 14.9. The molecule has 0 radical (unpaired) electrons. The Morgan fingerprint density at radius 1 is 1.14 bits per heavy atom. The second-order valence-electron chi connectivity index (χ2n) is 6.69. The van der Waals surface area contributed by atoms with Crippen molar-refractivity contribution >= 4 is 26.9 Å². The number of anilines is 1. The standard InChI is InChI=1S/C18H19N7O2S/c1-11-9-25-17(20-11)14(27-2)7-13(22-25)12-8-15(26)24-10-16(28-18(24)21-12)23-5-3-19-4-6-23/h7-10,19H,3-6H2,1-2H3. The van der Waals surface area contributed by atoms with Crippen molar-refractivity contribution in [1.82, 2.24) is 29.3 Å². The van der Waals surface area contributed by atoms with Gasteiger partial charge in [0, 0.05) is 44.5 Å². The number of fused-ring (bicyclic) bond motifs is 2. The lowest BCUT2D eigenvalue weighted by Gasteiger charge is -2.27. The average molecular weight is 397 g/mol. The summed E-state index contributed by atoms with van der Waals surface area (Å²) in [5.74, 6) is 0.591. The highest BCUT2D eigenvalue weighted by molar-refractivity contribution is 7.20. The van der Waals surface area contributed by atoms with E-state index in [1.54, 1.807) is 22.1 Å². The lowest BCUT2D eigenvalue weighted by atomic mass is 10.2. The van der Waals surface area contributed by atoms with E-state index in [1.165, 1.54) is 17.4 Å². The van der Waals surface area contributed by atoms with Crippen molar-refractivity contribution in [3.8, 4) is 17.1 Å². The Hall–Kier alpha value is -2.98. The molecule has 0 saturated carbocycles. The van der Waals surface area contributed by atoms with Crippen molar-refractivity contribution < 1.29 is 4.74 Å². The fourth-order valence-electron chi connectivity index (χ4n) is 3.39. The SMILES string of the molecule is COc1cc(-c2cc(=O)n3cc(N4CCNCC4)sc3n2)nn2cc(C)nc12. The minimum Gasteiger partial charge on any atom is -0.493 e. The number of rotatable bonds is 3. The maximum absolute atomic E-state index is 12.7. The Balaban J connectivity index is 1.63. The molecule has 5 rings (SSSR count). The maximum Gasteiger partial charge on any atom is 0.259 e. The molecule has 9 nitrogen and oxygen atoms in total. The third kappa shape index (κ3) is 2.81. The molecule has 1 saturated heterocycles. The molecule has 0 bridgehead atoms. The van der Waals surface area contributed by atoms with E-state index in [-0.39, 0.29) is 5.56 Å². The molecule has 4 aromatic heterocycles. The highest BCUT2D eigenvalue weighted by Crippen LogP contribution is 2.28. The molecule has 0 aromatic carbocycles. The third-order valence-electron chi connectivity index (χ3n) is 4.78. The van der Waals surface area contributed by atoms with Gasteiger partial charge < -0.3 is 15.0 Å². The zero-order valence-electron chi connectivity index (χ0n) is 15.5. The molecule has 1 fully saturated rings. The lowest BCUT2D eigenvalue weighted by molar-refractivity contribution is 0.416. The molecule has 10 heteroatoms. The van der Waals surface area contributed by atoms with Gasteiger partial charge in [0.05, 0.1) is 24.7 Å². The van der Waals surface area contributed by atoms with Gasteiger partial charge in [-0.25, -0.2) is 14.5 Å². The zero-order chi connectivity index (χ0) is 19.3. The minimum atomic E-state index is -0.125. The van der Waals surface area contributed by atoms with Crippen molar-refractivity contribution in [3.63, 3.8) is 0 Å². The molecule has 1 aliphatic rings. The molecule has 0 atom stereocenters. The highest BCUT2D eigenvalue weighted by Gasteiger charge is 2.17. The number of ether oxygens (including phenoxy) is 1. The van der Waals surface area contributed by atoms with Crippen LogP contribution in [0.25, 0.3) is 22.0 Å². The number of aromatic nitrogens is 5. The van der Waals surface area contributed by atoms with E-state index in [0.717, 1.165) is 36.9 Å². The van der Waals surface area contributed by atoms with Crippen LogP contribution in [0.2, 0.25) is 0 Å². The molecule has 0 spiro atoms. The van der Waals surface area contributed by atoms with E-state index < -0.39 is 0 Å². The first-order valence-electron chi connectivity index (χ1n) is 9.03. The predicted molar refractivity (Wildman–Crippen MR) is 108 cm³/mol. The molecular weight excluding hydrogens is 378 g/mol. The Labute approximate surface area is 164 Å². The molecule has 28 heavy (non-hydrogen) atoms. The maximum atomic E-state index is 12.7. The van der Waals surface area contributed by atoms with E-state index in [9.17, 15) is 4.79 Å². The second-order valence-corrected chi connectivity index (χ2v) is 7.67. The summed E-state index contributed by atoms with van der Waals surface area (Å²) in [6.45, 7) is 5.62. The van der Waals surface area contributed by atoms with E-state index in [4.69, 9.17) is 9.72 Å². The number of nitrogens with one attached hydrogen (secondary N) is 1. The first-order chi connectivity index (χ1) is 13.6. The van der Waals surface area contributed by atoms with E-state index >= 15 is 0 Å². The number of hydrogen-bond donors (Lipinski definition) is 1. The van der Waals surface area contributed by atoms with Crippen LogP contribution in [-0.2, 0) is 0 Å². The van der Waals surface area contributed by atoms with Crippen LogP contribution in [-0.4, -0.2) is 57.3 Å². The Bertz CT molecular complexity index is 1240. The Morgan fingerprint density at radius 2 is 1.96 bits per heavy atom. The molecule has 0 aliphatic carbocycles. The van der Waals surface area contributed by atoms with Crippen LogP contribution in [0.4, 0.5) is 5.00 Å². The molecule has 144 valence electrons. The monoisotopic (exact) mass is 397 g/mol. The summed E-state index contributed by atoms with van der Waals surface area (Å²) >= 11 is 1.52. The summed E-state index contributed by atoms with van der Waals surface area (Å²) in [5, 5.41) is 8.96. The van der Waals surface area contributed by atoms with Gasteiger partial charge in [-0.15, -0.1) is 0 Å². The number of thiazole rings is 1. The van der Waals surface area contributed by atoms with Gasteiger partial charge in [0.25, 0.3) is 5.56 Å². The van der Waals surface area contributed by atoms with Crippen LogP contribution in [0, 0.1) is 6.92 Å². The summed E-state index contributed by atoms with van der Waals surface area (Å²) < 4.78 is 8.72. The first kappa shape index (κ1) is 17.1. The van der Waals surface area contributed by atoms with Crippen molar-refractivity contribution in [1.29, 1.82) is 0 Å².